The van der Waals surface area contributed by atoms with E-state index < -0.39 is 10.1 Å². The van der Waals surface area contributed by atoms with Crippen molar-refractivity contribution in [2.24, 2.45) is 0 Å². The second-order valence-electron chi connectivity index (χ2n) is 1.96. The summed E-state index contributed by atoms with van der Waals surface area (Å²) < 4.78 is 26.3. The van der Waals surface area contributed by atoms with Crippen molar-refractivity contribution >= 4 is 10.1 Å². The number of allylic oxidation sites excluding steroid dienone is 1. The summed E-state index contributed by atoms with van der Waals surface area (Å²) in [4.78, 5) is 0. The Morgan fingerprint density at radius 3 is 2.67 bits per heavy atom. The van der Waals surface area contributed by atoms with E-state index in [-0.39, 0.29) is 6.61 Å². The first-order valence-corrected chi connectivity index (χ1v) is 5.05. The molecule has 4 heteroatoms. The summed E-state index contributed by atoms with van der Waals surface area (Å²) in [6.07, 6.45) is 2.19. The van der Waals surface area contributed by atoms with Gasteiger partial charge in [0.2, 0.25) is 0 Å². The minimum absolute atomic E-state index is 0.0765. The normalized spacial score (nSPS) is 11.2. The Morgan fingerprint density at radius 2 is 2.17 bits per heavy atom. The highest BCUT2D eigenvalue weighted by atomic mass is 32.2. The van der Waals surface area contributed by atoms with E-state index in [0.29, 0.717) is 6.42 Å². The standard InChI is InChI=1S/C8H12O3S/c1-3-5-7-11-12(9,10)8-6-4-2/h6,8H,4,7H2,1-2H3/b8-6+. The molecule has 0 saturated heterocycles. The fourth-order valence-corrected chi connectivity index (χ4v) is 1.17. The molecule has 0 amide bonds. The number of hydrogen-bond donors (Lipinski definition) is 0. The monoisotopic (exact) mass is 188 g/mol. The molecular weight excluding hydrogens is 176 g/mol. The van der Waals surface area contributed by atoms with E-state index >= 15 is 0 Å². The van der Waals surface area contributed by atoms with Gasteiger partial charge in [-0.15, -0.1) is 5.92 Å². The summed E-state index contributed by atoms with van der Waals surface area (Å²) in [5.41, 5.74) is 0. The molecule has 0 spiro atoms. The molecule has 0 heterocycles. The van der Waals surface area contributed by atoms with Crippen molar-refractivity contribution in [3.05, 3.63) is 11.5 Å². The second-order valence-corrected chi connectivity index (χ2v) is 3.46. The van der Waals surface area contributed by atoms with Gasteiger partial charge in [0.25, 0.3) is 10.1 Å². The van der Waals surface area contributed by atoms with Crippen LogP contribution in [0.15, 0.2) is 11.5 Å². The zero-order valence-corrected chi connectivity index (χ0v) is 8.02. The van der Waals surface area contributed by atoms with Crippen LogP contribution in [-0.4, -0.2) is 15.0 Å². The van der Waals surface area contributed by atoms with Gasteiger partial charge in [0.05, 0.1) is 5.41 Å². The van der Waals surface area contributed by atoms with Crippen LogP contribution in [0.5, 0.6) is 0 Å². The van der Waals surface area contributed by atoms with Crippen molar-refractivity contribution in [1.29, 1.82) is 0 Å². The number of rotatable bonds is 4. The zero-order valence-electron chi connectivity index (χ0n) is 7.20. The van der Waals surface area contributed by atoms with Crippen LogP contribution in [0, 0.1) is 11.8 Å². The molecule has 0 radical (unpaired) electrons. The molecule has 0 aliphatic carbocycles. The molecule has 3 nitrogen and oxygen atoms in total. The lowest BCUT2D eigenvalue weighted by Gasteiger charge is -1.94. The van der Waals surface area contributed by atoms with Crippen molar-refractivity contribution in [3.63, 3.8) is 0 Å². The Kier molecular flexibility index (Phi) is 5.43. The molecule has 0 aromatic rings. The lowest BCUT2D eigenvalue weighted by Crippen LogP contribution is -2.01. The van der Waals surface area contributed by atoms with E-state index in [9.17, 15) is 8.42 Å². The van der Waals surface area contributed by atoms with Gasteiger partial charge in [0.1, 0.15) is 6.61 Å². The molecule has 0 bridgehead atoms. The minimum Gasteiger partial charge on any atom is -0.254 e. The van der Waals surface area contributed by atoms with Crippen LogP contribution in [0.2, 0.25) is 0 Å². The van der Waals surface area contributed by atoms with Crippen LogP contribution in [0.4, 0.5) is 0 Å². The van der Waals surface area contributed by atoms with Crippen LogP contribution in [0.1, 0.15) is 20.3 Å². The topological polar surface area (TPSA) is 43.4 Å². The summed E-state index contributed by atoms with van der Waals surface area (Å²) >= 11 is 0. The molecule has 0 atom stereocenters. The van der Waals surface area contributed by atoms with Gasteiger partial charge >= 0.3 is 0 Å². The molecule has 0 rings (SSSR count). The molecule has 0 aromatic heterocycles. The Balaban J connectivity index is 4.03. The summed E-state index contributed by atoms with van der Waals surface area (Å²) in [7, 11) is -3.50. The third kappa shape index (κ3) is 5.96. The van der Waals surface area contributed by atoms with Crippen molar-refractivity contribution < 1.29 is 12.6 Å². The fourth-order valence-electron chi connectivity index (χ4n) is 0.437. The lowest BCUT2D eigenvalue weighted by molar-refractivity contribution is 0.370. The van der Waals surface area contributed by atoms with Crippen molar-refractivity contribution in [1.82, 2.24) is 0 Å². The van der Waals surface area contributed by atoms with Gasteiger partial charge in [0.15, 0.2) is 0 Å². The van der Waals surface area contributed by atoms with E-state index in [2.05, 4.69) is 16.0 Å². The lowest BCUT2D eigenvalue weighted by atomic mass is 10.5. The Bertz CT molecular complexity index is 290. The van der Waals surface area contributed by atoms with Gasteiger partial charge in [0, 0.05) is 0 Å². The third-order valence-electron chi connectivity index (χ3n) is 0.971. The van der Waals surface area contributed by atoms with Crippen molar-refractivity contribution in [2.75, 3.05) is 6.61 Å². The van der Waals surface area contributed by atoms with Crippen LogP contribution in [-0.2, 0) is 14.3 Å². The summed E-state index contributed by atoms with van der Waals surface area (Å²) in [6.45, 7) is 3.39. The van der Waals surface area contributed by atoms with E-state index in [1.165, 1.54) is 6.08 Å². The highest BCUT2D eigenvalue weighted by Gasteiger charge is 2.02. The van der Waals surface area contributed by atoms with E-state index in [0.717, 1.165) is 5.41 Å². The third-order valence-corrected chi connectivity index (χ3v) is 1.94. The molecule has 0 unspecified atom stereocenters. The van der Waals surface area contributed by atoms with Gasteiger partial charge in [-0.25, -0.2) is 0 Å². The molecule has 12 heavy (non-hydrogen) atoms. The summed E-state index contributed by atoms with van der Waals surface area (Å²) in [5, 5.41) is 1.05. The zero-order chi connectivity index (χ0) is 9.45. The van der Waals surface area contributed by atoms with Gasteiger partial charge in [-0.1, -0.05) is 18.9 Å². The average molecular weight is 188 g/mol. The maximum Gasteiger partial charge on any atom is 0.290 e. The fraction of sp³-hybridized carbons (Fsp3) is 0.500. The maximum absolute atomic E-state index is 10.9. The van der Waals surface area contributed by atoms with Crippen LogP contribution >= 0.6 is 0 Å². The smallest absolute Gasteiger partial charge is 0.254 e. The molecule has 0 fully saturated rings. The molecule has 0 saturated carbocycles. The Morgan fingerprint density at radius 1 is 1.50 bits per heavy atom. The molecule has 0 aromatic carbocycles. The quantitative estimate of drug-likeness (QED) is 0.493. The van der Waals surface area contributed by atoms with E-state index in [1.54, 1.807) is 6.92 Å². The first-order valence-electron chi connectivity index (χ1n) is 3.58. The van der Waals surface area contributed by atoms with Crippen molar-refractivity contribution in [3.8, 4) is 11.8 Å². The number of hydrogen-bond acceptors (Lipinski definition) is 3. The Labute approximate surface area is 73.6 Å². The SMILES string of the molecule is CC#CCOS(=O)(=O)/C=C/CC. The maximum atomic E-state index is 10.9. The Hall–Kier alpha value is -0.790. The predicted molar refractivity (Wildman–Crippen MR) is 47.8 cm³/mol. The van der Waals surface area contributed by atoms with Crippen molar-refractivity contribution in [2.45, 2.75) is 20.3 Å². The van der Waals surface area contributed by atoms with Crippen LogP contribution in [0.25, 0.3) is 0 Å². The van der Waals surface area contributed by atoms with Gasteiger partial charge in [-0.3, -0.25) is 4.18 Å². The van der Waals surface area contributed by atoms with Crippen LogP contribution < -0.4 is 0 Å². The molecule has 0 aliphatic heterocycles. The largest absolute Gasteiger partial charge is 0.290 e. The summed E-state index contributed by atoms with van der Waals surface area (Å²) in [5.74, 6) is 5.03. The average Bonchev–Trinajstić information content (AvgIpc) is 2.01. The van der Waals surface area contributed by atoms with E-state index in [4.69, 9.17) is 0 Å². The van der Waals surface area contributed by atoms with Crippen LogP contribution in [0.3, 0.4) is 0 Å². The molecular formula is C8H12O3S. The first-order chi connectivity index (χ1) is 5.62. The minimum atomic E-state index is -3.50. The molecule has 68 valence electrons. The first kappa shape index (κ1) is 11.2. The molecule has 0 N–H and O–H groups in total. The summed E-state index contributed by atoms with van der Waals surface area (Å²) in [6, 6.07) is 0. The van der Waals surface area contributed by atoms with Gasteiger partial charge in [-0.05, 0) is 13.3 Å². The van der Waals surface area contributed by atoms with E-state index in [1.807, 2.05) is 6.92 Å². The second kappa shape index (κ2) is 5.81. The molecule has 0 aliphatic rings. The van der Waals surface area contributed by atoms with Gasteiger partial charge < -0.3 is 0 Å². The highest BCUT2D eigenvalue weighted by Crippen LogP contribution is 1.95. The van der Waals surface area contributed by atoms with Gasteiger partial charge in [-0.2, -0.15) is 8.42 Å². The highest BCUT2D eigenvalue weighted by molar-refractivity contribution is 7.89. The predicted octanol–water partition coefficient (Wildman–Crippen LogP) is 1.28.